The SMILES string of the molecule is CCCCN=C(C=Cc1ccco1)NC#N. The smallest absolute Gasteiger partial charge is 0.182 e. The van der Waals surface area contributed by atoms with Crippen molar-refractivity contribution in [2.24, 2.45) is 4.99 Å². The molecule has 1 aromatic rings. The summed E-state index contributed by atoms with van der Waals surface area (Å²) in [6.45, 7) is 2.83. The van der Waals surface area contributed by atoms with Crippen molar-refractivity contribution in [3.05, 3.63) is 30.2 Å². The third kappa shape index (κ3) is 4.47. The predicted octanol–water partition coefficient (Wildman–Crippen LogP) is 2.56. The first-order valence-electron chi connectivity index (χ1n) is 5.28. The van der Waals surface area contributed by atoms with Crippen LogP contribution in [-0.2, 0) is 0 Å². The summed E-state index contributed by atoms with van der Waals surface area (Å²) in [5.74, 6) is 1.30. The van der Waals surface area contributed by atoms with E-state index < -0.39 is 0 Å². The molecule has 0 atom stereocenters. The first kappa shape index (κ1) is 12.1. The van der Waals surface area contributed by atoms with Gasteiger partial charge in [-0.05, 0) is 30.7 Å². The molecule has 0 aromatic carbocycles. The summed E-state index contributed by atoms with van der Waals surface area (Å²) in [7, 11) is 0. The van der Waals surface area contributed by atoms with Gasteiger partial charge in [0, 0.05) is 6.54 Å². The van der Waals surface area contributed by atoms with Gasteiger partial charge < -0.3 is 4.42 Å². The molecule has 0 saturated carbocycles. The van der Waals surface area contributed by atoms with Crippen molar-refractivity contribution < 1.29 is 4.42 Å². The quantitative estimate of drug-likeness (QED) is 0.271. The Morgan fingerprint density at radius 3 is 3.19 bits per heavy atom. The second kappa shape index (κ2) is 7.30. The van der Waals surface area contributed by atoms with Gasteiger partial charge in [0.15, 0.2) is 6.19 Å². The molecule has 0 aliphatic heterocycles. The molecular formula is C12H15N3O. The molecule has 0 saturated heterocycles. The second-order valence-corrected chi connectivity index (χ2v) is 3.21. The number of hydrogen-bond acceptors (Lipinski definition) is 3. The van der Waals surface area contributed by atoms with Crippen molar-refractivity contribution in [2.45, 2.75) is 19.8 Å². The Bertz CT molecular complexity index is 385. The number of amidine groups is 1. The highest BCUT2D eigenvalue weighted by atomic mass is 16.3. The number of furan rings is 1. The molecule has 1 aromatic heterocycles. The molecule has 1 rings (SSSR count). The number of hydrogen-bond donors (Lipinski definition) is 1. The standard InChI is InChI=1S/C12H15N3O/c1-2-3-8-14-12(15-10-13)7-6-11-5-4-9-16-11/h4-7,9H,2-3,8H2,1H3,(H,14,15). The van der Waals surface area contributed by atoms with Crippen LogP contribution in [0.2, 0.25) is 0 Å². The van der Waals surface area contributed by atoms with Gasteiger partial charge in [-0.3, -0.25) is 10.3 Å². The highest BCUT2D eigenvalue weighted by Gasteiger charge is 1.93. The molecule has 1 N–H and O–H groups in total. The van der Waals surface area contributed by atoms with Gasteiger partial charge in [0.2, 0.25) is 0 Å². The Balaban J connectivity index is 2.57. The second-order valence-electron chi connectivity index (χ2n) is 3.21. The van der Waals surface area contributed by atoms with E-state index in [-0.39, 0.29) is 0 Å². The van der Waals surface area contributed by atoms with Crippen LogP contribution in [0.5, 0.6) is 0 Å². The summed E-state index contributed by atoms with van der Waals surface area (Å²) in [6, 6.07) is 3.65. The van der Waals surface area contributed by atoms with Crippen LogP contribution in [0.25, 0.3) is 6.08 Å². The van der Waals surface area contributed by atoms with E-state index in [9.17, 15) is 0 Å². The molecule has 1 heterocycles. The van der Waals surface area contributed by atoms with E-state index in [0.717, 1.165) is 25.1 Å². The summed E-state index contributed by atoms with van der Waals surface area (Å²) in [5.41, 5.74) is 0. The van der Waals surface area contributed by atoms with Gasteiger partial charge >= 0.3 is 0 Å². The number of unbranched alkanes of at least 4 members (excludes halogenated alkanes) is 1. The molecule has 84 valence electrons. The van der Waals surface area contributed by atoms with E-state index in [0.29, 0.717) is 5.84 Å². The van der Waals surface area contributed by atoms with Crippen molar-refractivity contribution in [1.29, 1.82) is 5.26 Å². The first-order valence-corrected chi connectivity index (χ1v) is 5.28. The van der Waals surface area contributed by atoms with Gasteiger partial charge in [0.25, 0.3) is 0 Å². The van der Waals surface area contributed by atoms with E-state index in [2.05, 4.69) is 17.2 Å². The minimum Gasteiger partial charge on any atom is -0.465 e. The van der Waals surface area contributed by atoms with Crippen LogP contribution in [0, 0.1) is 11.5 Å². The molecule has 0 fully saturated rings. The van der Waals surface area contributed by atoms with Crippen molar-refractivity contribution in [1.82, 2.24) is 5.32 Å². The van der Waals surface area contributed by atoms with Gasteiger partial charge in [-0.25, -0.2) is 0 Å². The molecule has 4 nitrogen and oxygen atoms in total. The number of rotatable bonds is 5. The summed E-state index contributed by atoms with van der Waals surface area (Å²) >= 11 is 0. The molecular weight excluding hydrogens is 202 g/mol. The summed E-state index contributed by atoms with van der Waals surface area (Å²) in [6.07, 6.45) is 9.08. The fourth-order valence-corrected chi connectivity index (χ4v) is 1.10. The lowest BCUT2D eigenvalue weighted by atomic mass is 10.3. The molecule has 0 spiro atoms. The van der Waals surface area contributed by atoms with Crippen LogP contribution >= 0.6 is 0 Å². The minimum absolute atomic E-state index is 0.562. The largest absolute Gasteiger partial charge is 0.465 e. The number of nitrogens with zero attached hydrogens (tertiary/aromatic N) is 2. The van der Waals surface area contributed by atoms with E-state index in [4.69, 9.17) is 9.68 Å². The molecule has 0 aliphatic rings. The molecule has 0 bridgehead atoms. The summed E-state index contributed by atoms with van der Waals surface area (Å²) < 4.78 is 5.14. The Kier molecular flexibility index (Phi) is 5.49. The zero-order valence-electron chi connectivity index (χ0n) is 9.31. The maximum atomic E-state index is 8.55. The monoisotopic (exact) mass is 217 g/mol. The Hall–Kier alpha value is -2.02. The van der Waals surface area contributed by atoms with Gasteiger partial charge in [0.1, 0.15) is 11.6 Å². The molecule has 16 heavy (non-hydrogen) atoms. The third-order valence-electron chi connectivity index (χ3n) is 1.93. The van der Waals surface area contributed by atoms with Gasteiger partial charge in [-0.2, -0.15) is 5.26 Å². The van der Waals surface area contributed by atoms with Crippen molar-refractivity contribution >= 4 is 11.9 Å². The van der Waals surface area contributed by atoms with E-state index >= 15 is 0 Å². The van der Waals surface area contributed by atoms with E-state index in [1.54, 1.807) is 18.4 Å². The van der Waals surface area contributed by atoms with Crippen molar-refractivity contribution in [2.75, 3.05) is 6.54 Å². The lowest BCUT2D eigenvalue weighted by Crippen LogP contribution is -2.15. The Labute approximate surface area is 95.3 Å². The fourth-order valence-electron chi connectivity index (χ4n) is 1.10. The average Bonchev–Trinajstić information content (AvgIpc) is 2.79. The zero-order chi connectivity index (χ0) is 11.6. The maximum Gasteiger partial charge on any atom is 0.182 e. The highest BCUT2D eigenvalue weighted by molar-refractivity contribution is 5.97. The van der Waals surface area contributed by atoms with Crippen LogP contribution in [0.15, 0.2) is 33.9 Å². The number of aliphatic imine (C=N–C) groups is 1. The number of nitrogens with one attached hydrogen (secondary N) is 1. The Morgan fingerprint density at radius 2 is 2.56 bits per heavy atom. The molecule has 0 radical (unpaired) electrons. The predicted molar refractivity (Wildman–Crippen MR) is 63.7 cm³/mol. The van der Waals surface area contributed by atoms with Crippen LogP contribution < -0.4 is 5.32 Å². The van der Waals surface area contributed by atoms with Crippen LogP contribution in [0.4, 0.5) is 0 Å². The van der Waals surface area contributed by atoms with Crippen molar-refractivity contribution in [3.63, 3.8) is 0 Å². The first-order chi connectivity index (χ1) is 7.86. The minimum atomic E-state index is 0.562. The molecule has 0 aliphatic carbocycles. The van der Waals surface area contributed by atoms with Crippen molar-refractivity contribution in [3.8, 4) is 6.19 Å². The van der Waals surface area contributed by atoms with E-state index in [1.807, 2.05) is 18.3 Å². The van der Waals surface area contributed by atoms with Crippen LogP contribution in [0.1, 0.15) is 25.5 Å². The topological polar surface area (TPSA) is 61.3 Å². The maximum absolute atomic E-state index is 8.55. The lowest BCUT2D eigenvalue weighted by Gasteiger charge is -1.97. The normalized spacial score (nSPS) is 11.6. The van der Waals surface area contributed by atoms with Gasteiger partial charge in [-0.15, -0.1) is 0 Å². The molecule has 0 amide bonds. The lowest BCUT2D eigenvalue weighted by molar-refractivity contribution is 0.557. The Morgan fingerprint density at radius 1 is 1.69 bits per heavy atom. The van der Waals surface area contributed by atoms with Crippen LogP contribution in [0.3, 0.4) is 0 Å². The molecule has 4 heteroatoms. The summed E-state index contributed by atoms with van der Waals surface area (Å²) in [4.78, 5) is 4.26. The fraction of sp³-hybridized carbons (Fsp3) is 0.333. The average molecular weight is 217 g/mol. The number of nitriles is 1. The third-order valence-corrected chi connectivity index (χ3v) is 1.93. The summed E-state index contributed by atoms with van der Waals surface area (Å²) in [5, 5.41) is 11.1. The van der Waals surface area contributed by atoms with Gasteiger partial charge in [-0.1, -0.05) is 13.3 Å². The van der Waals surface area contributed by atoms with Crippen LogP contribution in [-0.4, -0.2) is 12.4 Å². The molecule has 0 unspecified atom stereocenters. The van der Waals surface area contributed by atoms with E-state index in [1.165, 1.54) is 0 Å². The zero-order valence-corrected chi connectivity index (χ0v) is 9.31. The van der Waals surface area contributed by atoms with Gasteiger partial charge in [0.05, 0.1) is 6.26 Å². The highest BCUT2D eigenvalue weighted by Crippen LogP contribution is 2.02.